The van der Waals surface area contributed by atoms with E-state index < -0.39 is 11.6 Å². The van der Waals surface area contributed by atoms with Crippen LogP contribution in [0.25, 0.3) is 11.0 Å². The predicted octanol–water partition coefficient (Wildman–Crippen LogP) is 4.85. The molecule has 1 unspecified atom stereocenters. The van der Waals surface area contributed by atoms with Crippen LogP contribution in [0.15, 0.2) is 12.1 Å². The molecule has 1 aliphatic carbocycles. The Bertz CT molecular complexity index is 678. The molecule has 1 aliphatic rings. The Kier molecular flexibility index (Phi) is 3.68. The Labute approximate surface area is 128 Å². The van der Waals surface area contributed by atoms with Gasteiger partial charge in [-0.15, -0.1) is 11.6 Å². The van der Waals surface area contributed by atoms with Crippen LogP contribution in [-0.2, 0) is 6.42 Å². The summed E-state index contributed by atoms with van der Waals surface area (Å²) in [7, 11) is 0. The van der Waals surface area contributed by atoms with Crippen LogP contribution in [0.3, 0.4) is 0 Å². The predicted molar refractivity (Wildman–Crippen MR) is 80.7 cm³/mol. The summed E-state index contributed by atoms with van der Waals surface area (Å²) in [5, 5.41) is 0. The van der Waals surface area contributed by atoms with Crippen LogP contribution in [0.4, 0.5) is 8.78 Å². The first-order valence-corrected chi connectivity index (χ1v) is 7.87. The van der Waals surface area contributed by atoms with E-state index in [0.29, 0.717) is 17.8 Å². The van der Waals surface area contributed by atoms with Crippen molar-refractivity contribution in [3.8, 4) is 0 Å². The molecular formula is C16H19ClF2N2. The minimum Gasteiger partial charge on any atom is -0.322 e. The van der Waals surface area contributed by atoms with Gasteiger partial charge in [0.25, 0.3) is 0 Å². The molecule has 1 fully saturated rings. The third-order valence-corrected chi connectivity index (χ3v) is 4.63. The Morgan fingerprint density at radius 1 is 1.38 bits per heavy atom. The third-order valence-electron chi connectivity index (χ3n) is 4.44. The van der Waals surface area contributed by atoms with Crippen molar-refractivity contribution in [2.45, 2.75) is 45.6 Å². The first-order valence-electron chi connectivity index (χ1n) is 7.34. The van der Waals surface area contributed by atoms with Gasteiger partial charge in [-0.25, -0.2) is 13.8 Å². The highest BCUT2D eigenvalue weighted by molar-refractivity contribution is 6.17. The summed E-state index contributed by atoms with van der Waals surface area (Å²) in [4.78, 5) is 4.47. The number of imidazole rings is 1. The largest absolute Gasteiger partial charge is 0.322 e. The average Bonchev–Trinajstić information content (AvgIpc) is 2.95. The van der Waals surface area contributed by atoms with E-state index in [1.54, 1.807) is 6.07 Å². The molecule has 1 heterocycles. The minimum atomic E-state index is -0.821. The van der Waals surface area contributed by atoms with Crippen molar-refractivity contribution in [2.24, 2.45) is 5.41 Å². The van der Waals surface area contributed by atoms with Crippen LogP contribution in [0, 0.1) is 17.0 Å². The monoisotopic (exact) mass is 312 g/mol. The smallest absolute Gasteiger partial charge is 0.184 e. The topological polar surface area (TPSA) is 17.8 Å². The molecule has 2 nitrogen and oxygen atoms in total. The molecular weight excluding hydrogens is 294 g/mol. The van der Waals surface area contributed by atoms with E-state index >= 15 is 0 Å². The zero-order chi connectivity index (χ0) is 15.2. The lowest BCUT2D eigenvalue weighted by molar-refractivity contribution is 0.358. The van der Waals surface area contributed by atoms with E-state index in [-0.39, 0.29) is 17.0 Å². The molecule has 0 amide bonds. The molecule has 0 saturated heterocycles. The molecule has 1 atom stereocenters. The number of aromatic nitrogens is 2. The highest BCUT2D eigenvalue weighted by Gasteiger charge is 2.34. The first-order chi connectivity index (χ1) is 9.93. The van der Waals surface area contributed by atoms with Crippen molar-refractivity contribution in [3.05, 3.63) is 29.6 Å². The number of alkyl halides is 1. The van der Waals surface area contributed by atoms with Crippen molar-refractivity contribution >= 4 is 22.6 Å². The molecule has 5 heteroatoms. The Hall–Kier alpha value is -1.16. The standard InChI is InChI=1S/C16H19ClF2N2/c1-16(2)7-5-10(9-16)21-13(6-8-17)20-12-4-3-11(18)14(19)15(12)21/h3-4,10H,5-9H2,1-2H3. The lowest BCUT2D eigenvalue weighted by atomic mass is 9.92. The number of halogens is 3. The van der Waals surface area contributed by atoms with Crippen molar-refractivity contribution < 1.29 is 8.78 Å². The van der Waals surface area contributed by atoms with E-state index in [1.165, 1.54) is 0 Å². The Balaban J connectivity index is 2.18. The quantitative estimate of drug-likeness (QED) is 0.741. The number of fused-ring (bicyclic) bond motifs is 1. The van der Waals surface area contributed by atoms with Gasteiger partial charge in [0.15, 0.2) is 11.6 Å². The van der Waals surface area contributed by atoms with Crippen LogP contribution in [-0.4, -0.2) is 15.4 Å². The van der Waals surface area contributed by atoms with Crippen molar-refractivity contribution in [1.29, 1.82) is 0 Å². The maximum absolute atomic E-state index is 14.3. The molecule has 1 saturated carbocycles. The number of aryl methyl sites for hydroxylation is 1. The van der Waals surface area contributed by atoms with E-state index in [0.717, 1.165) is 31.2 Å². The van der Waals surface area contributed by atoms with Gasteiger partial charge in [0.1, 0.15) is 11.3 Å². The van der Waals surface area contributed by atoms with Crippen molar-refractivity contribution in [3.63, 3.8) is 0 Å². The Morgan fingerprint density at radius 3 is 2.76 bits per heavy atom. The van der Waals surface area contributed by atoms with Gasteiger partial charge in [-0.05, 0) is 36.8 Å². The number of nitrogens with zero attached hydrogens (tertiary/aromatic N) is 2. The number of benzene rings is 1. The van der Waals surface area contributed by atoms with Crippen LogP contribution in [0.5, 0.6) is 0 Å². The van der Waals surface area contributed by atoms with Gasteiger partial charge in [0, 0.05) is 18.3 Å². The summed E-state index contributed by atoms with van der Waals surface area (Å²) in [6, 6.07) is 2.85. The van der Waals surface area contributed by atoms with E-state index in [2.05, 4.69) is 18.8 Å². The van der Waals surface area contributed by atoms with Crippen LogP contribution in [0.2, 0.25) is 0 Å². The number of rotatable bonds is 3. The molecule has 0 spiro atoms. The zero-order valence-electron chi connectivity index (χ0n) is 12.3. The molecule has 3 rings (SSSR count). The van der Waals surface area contributed by atoms with Gasteiger partial charge in [-0.1, -0.05) is 13.8 Å². The highest BCUT2D eigenvalue weighted by Crippen LogP contribution is 2.45. The summed E-state index contributed by atoms with van der Waals surface area (Å²) in [5.41, 5.74) is 1.03. The second-order valence-electron chi connectivity index (χ2n) is 6.63. The maximum atomic E-state index is 14.3. The lowest BCUT2D eigenvalue weighted by Gasteiger charge is -2.20. The number of hydrogen-bond acceptors (Lipinski definition) is 1. The van der Waals surface area contributed by atoms with Crippen molar-refractivity contribution in [2.75, 3.05) is 5.88 Å². The van der Waals surface area contributed by atoms with Crippen molar-refractivity contribution in [1.82, 2.24) is 9.55 Å². The normalized spacial score (nSPS) is 21.3. The molecule has 0 radical (unpaired) electrons. The molecule has 21 heavy (non-hydrogen) atoms. The van der Waals surface area contributed by atoms with Crippen LogP contribution >= 0.6 is 11.6 Å². The number of hydrogen-bond donors (Lipinski definition) is 0. The zero-order valence-corrected chi connectivity index (χ0v) is 13.1. The summed E-state index contributed by atoms with van der Waals surface area (Å²) in [6.45, 7) is 4.43. The van der Waals surface area contributed by atoms with Gasteiger partial charge in [0.2, 0.25) is 0 Å². The maximum Gasteiger partial charge on any atom is 0.184 e. The minimum absolute atomic E-state index is 0.166. The molecule has 0 aliphatic heterocycles. The van der Waals surface area contributed by atoms with Gasteiger partial charge >= 0.3 is 0 Å². The van der Waals surface area contributed by atoms with E-state index in [1.807, 2.05) is 4.57 Å². The van der Waals surface area contributed by atoms with Crippen LogP contribution in [0.1, 0.15) is 45.0 Å². The molecule has 1 aromatic heterocycles. The molecule has 2 aromatic rings. The van der Waals surface area contributed by atoms with Gasteiger partial charge in [-0.3, -0.25) is 0 Å². The molecule has 0 N–H and O–H groups in total. The van der Waals surface area contributed by atoms with Gasteiger partial charge in [-0.2, -0.15) is 0 Å². The van der Waals surface area contributed by atoms with E-state index in [4.69, 9.17) is 11.6 Å². The fourth-order valence-corrected chi connectivity index (χ4v) is 3.61. The summed E-state index contributed by atoms with van der Waals surface area (Å²) >= 11 is 5.85. The second-order valence-corrected chi connectivity index (χ2v) is 7.00. The van der Waals surface area contributed by atoms with Gasteiger partial charge < -0.3 is 4.57 Å². The van der Waals surface area contributed by atoms with Crippen LogP contribution < -0.4 is 0 Å². The summed E-state index contributed by atoms with van der Waals surface area (Å²) in [5.74, 6) is -0.445. The molecule has 1 aromatic carbocycles. The summed E-state index contributed by atoms with van der Waals surface area (Å²) in [6.07, 6.45) is 3.55. The average molecular weight is 313 g/mol. The second kappa shape index (κ2) is 5.24. The lowest BCUT2D eigenvalue weighted by Crippen LogP contribution is -2.13. The SMILES string of the molecule is CC1(C)CCC(n2c(CCCl)nc3ccc(F)c(F)c32)C1. The summed E-state index contributed by atoms with van der Waals surface area (Å²) < 4.78 is 29.8. The third kappa shape index (κ3) is 2.54. The molecule has 0 bridgehead atoms. The molecule has 114 valence electrons. The van der Waals surface area contributed by atoms with Gasteiger partial charge in [0.05, 0.1) is 5.52 Å². The highest BCUT2D eigenvalue weighted by atomic mass is 35.5. The fraction of sp³-hybridized carbons (Fsp3) is 0.562. The fourth-order valence-electron chi connectivity index (χ4n) is 3.45. The first kappa shape index (κ1) is 14.8. The van der Waals surface area contributed by atoms with E-state index in [9.17, 15) is 8.78 Å². The Morgan fingerprint density at radius 2 is 2.14 bits per heavy atom.